The molecule has 6 nitrogen and oxygen atoms in total. The van der Waals surface area contributed by atoms with Gasteiger partial charge >= 0.3 is 5.97 Å². The van der Waals surface area contributed by atoms with Gasteiger partial charge in [-0.3, -0.25) is 4.79 Å². The number of sulfone groups is 1. The summed E-state index contributed by atoms with van der Waals surface area (Å²) in [6.45, 7) is 22.3. The van der Waals surface area contributed by atoms with Crippen molar-refractivity contribution < 1.29 is 22.7 Å². The van der Waals surface area contributed by atoms with Crippen molar-refractivity contribution in [1.29, 1.82) is 0 Å². The monoisotopic (exact) mass is 740 g/mol. The maximum atomic E-state index is 14.0. The second-order valence-corrected chi connectivity index (χ2v) is 22.6. The van der Waals surface area contributed by atoms with Gasteiger partial charge in [0.2, 0.25) is 0 Å². The summed E-state index contributed by atoms with van der Waals surface area (Å²) in [5, 5.41) is 14.1. The minimum atomic E-state index is -2.85. The van der Waals surface area contributed by atoms with Crippen LogP contribution in [0.2, 0.25) is 0 Å². The third-order valence-electron chi connectivity index (χ3n) is 17.9. The molecule has 6 aliphatic carbocycles. The fourth-order valence-electron chi connectivity index (χ4n) is 14.7. The van der Waals surface area contributed by atoms with Crippen LogP contribution in [0.4, 0.5) is 4.39 Å². The zero-order chi connectivity index (χ0) is 37.5. The molecule has 0 bridgehead atoms. The lowest BCUT2D eigenvalue weighted by atomic mass is 9.33. The Bertz CT molecular complexity index is 1610. The number of carbonyl (C=O) groups is 1. The maximum Gasteiger partial charge on any atom is 0.312 e. The van der Waals surface area contributed by atoms with Gasteiger partial charge in [0.05, 0.1) is 16.9 Å². The number of nitrogens with zero attached hydrogens (tertiary/aromatic N) is 1. The number of carboxylic acids is 1. The SMILES string of the molecule is C=C(C)[C@@H]1CC[C@]2(NCCCN3CCS(=O)(=O)CC3)CC[C@]3(C)[C@H](CC[C@@H]4[C@@]5(C)CC=C(C6=CC[C@@](CF)(C(=O)O)CC6)C(C)(C)[C@@H]5CC[C@]43C)[C@@H]12. The summed E-state index contributed by atoms with van der Waals surface area (Å²) < 4.78 is 37.9. The number of fused-ring (bicyclic) bond motifs is 7. The van der Waals surface area contributed by atoms with Crippen LogP contribution in [0.3, 0.4) is 0 Å². The van der Waals surface area contributed by atoms with E-state index in [1.807, 2.05) is 0 Å². The summed E-state index contributed by atoms with van der Waals surface area (Å²) in [5.74, 6) is 2.67. The molecule has 292 valence electrons. The molecule has 2 N–H and O–H groups in total. The first-order chi connectivity index (χ1) is 24.4. The Morgan fingerprint density at radius 2 is 1.67 bits per heavy atom. The first kappa shape index (κ1) is 38.8. The Labute approximate surface area is 314 Å². The molecule has 0 radical (unpaired) electrons. The molecule has 0 unspecified atom stereocenters. The standard InChI is InChI=1S/C44H69FN2O4S/c1-30(2)32-13-20-44(46-23-8-24-47-25-27-52(50,51)28-26-47)22-21-41(6)34(37(32)44)9-10-36-40(5)16-14-33(39(3,4)35(40)15-17-42(36,41)7)31-11-18-43(29-45,19-12-31)38(48)49/h11,14,32,34-37,46H,1,8-10,12-13,15-29H2,2-7H3,(H,48,49)/t32-,34+,35-,36+,37+,40-,41+,42+,43+,44-/m0/s1. The number of alkyl halides is 1. The van der Waals surface area contributed by atoms with Crippen LogP contribution in [0, 0.1) is 56.7 Å². The minimum absolute atomic E-state index is 0.0125. The molecule has 0 aromatic heterocycles. The lowest BCUT2D eigenvalue weighted by Crippen LogP contribution is -2.68. The molecule has 10 atom stereocenters. The highest BCUT2D eigenvalue weighted by Crippen LogP contribution is 2.76. The quantitative estimate of drug-likeness (QED) is 0.182. The number of hydrogen-bond donors (Lipinski definition) is 2. The Hall–Kier alpha value is -1.51. The van der Waals surface area contributed by atoms with Crippen molar-refractivity contribution >= 4 is 15.8 Å². The molecular weight excluding hydrogens is 672 g/mol. The topological polar surface area (TPSA) is 86.7 Å². The van der Waals surface area contributed by atoms with E-state index < -0.39 is 27.9 Å². The molecule has 0 amide bonds. The zero-order valence-corrected chi connectivity index (χ0v) is 34.1. The van der Waals surface area contributed by atoms with Crippen LogP contribution < -0.4 is 5.32 Å². The summed E-state index contributed by atoms with van der Waals surface area (Å²) in [6.07, 6.45) is 18.1. The predicted octanol–water partition coefficient (Wildman–Crippen LogP) is 8.79. The minimum Gasteiger partial charge on any atom is -0.481 e. The molecule has 7 aliphatic rings. The highest BCUT2D eigenvalue weighted by atomic mass is 32.2. The van der Waals surface area contributed by atoms with E-state index in [2.05, 4.69) is 70.5 Å². The Morgan fingerprint density at radius 3 is 2.31 bits per heavy atom. The van der Waals surface area contributed by atoms with Crippen LogP contribution in [-0.4, -0.2) is 74.3 Å². The van der Waals surface area contributed by atoms with Crippen LogP contribution in [0.5, 0.6) is 0 Å². The van der Waals surface area contributed by atoms with Gasteiger partial charge in [0.25, 0.3) is 0 Å². The highest BCUT2D eigenvalue weighted by molar-refractivity contribution is 7.91. The molecule has 0 spiro atoms. The second kappa shape index (κ2) is 13.3. The average Bonchev–Trinajstić information content (AvgIpc) is 3.48. The van der Waals surface area contributed by atoms with Gasteiger partial charge in [-0.15, -0.1) is 0 Å². The first-order valence-corrected chi connectivity index (χ1v) is 22.7. The van der Waals surface area contributed by atoms with Gasteiger partial charge in [0.1, 0.15) is 6.67 Å². The second-order valence-electron chi connectivity index (χ2n) is 20.3. The molecule has 1 heterocycles. The highest BCUT2D eigenvalue weighted by Gasteiger charge is 2.70. The van der Waals surface area contributed by atoms with Crippen LogP contribution >= 0.6 is 0 Å². The summed E-state index contributed by atoms with van der Waals surface area (Å²) in [4.78, 5) is 14.3. The largest absolute Gasteiger partial charge is 0.481 e. The Kier molecular flexibility index (Phi) is 9.92. The van der Waals surface area contributed by atoms with Crippen LogP contribution in [0.25, 0.3) is 0 Å². The summed E-state index contributed by atoms with van der Waals surface area (Å²) in [5.41, 5.74) is 3.68. The van der Waals surface area contributed by atoms with Gasteiger partial charge in [-0.1, -0.05) is 58.9 Å². The molecule has 4 saturated carbocycles. The van der Waals surface area contributed by atoms with E-state index in [0.717, 1.165) is 25.9 Å². The molecule has 1 saturated heterocycles. The van der Waals surface area contributed by atoms with Crippen molar-refractivity contribution in [3.8, 4) is 0 Å². The van der Waals surface area contributed by atoms with Crippen molar-refractivity contribution in [1.82, 2.24) is 10.2 Å². The first-order valence-electron chi connectivity index (χ1n) is 20.9. The molecule has 0 aromatic rings. The van der Waals surface area contributed by atoms with Crippen LogP contribution in [0.15, 0.2) is 35.5 Å². The Balaban J connectivity index is 1.11. The van der Waals surface area contributed by atoms with E-state index >= 15 is 0 Å². The lowest BCUT2D eigenvalue weighted by molar-refractivity contribution is -0.221. The van der Waals surface area contributed by atoms with Gasteiger partial charge in [0.15, 0.2) is 9.84 Å². The number of rotatable bonds is 9. The number of hydrogen-bond acceptors (Lipinski definition) is 5. The van der Waals surface area contributed by atoms with Gasteiger partial charge in [-0.2, -0.15) is 0 Å². The van der Waals surface area contributed by atoms with E-state index in [-0.39, 0.29) is 33.6 Å². The number of aliphatic carboxylic acids is 1. The van der Waals surface area contributed by atoms with E-state index in [1.54, 1.807) is 0 Å². The molecule has 0 aromatic carbocycles. The van der Waals surface area contributed by atoms with Crippen molar-refractivity contribution in [2.45, 2.75) is 131 Å². The third kappa shape index (κ3) is 5.87. The van der Waals surface area contributed by atoms with E-state index in [9.17, 15) is 22.7 Å². The van der Waals surface area contributed by atoms with Crippen molar-refractivity contribution in [2.24, 2.45) is 56.7 Å². The molecule has 8 heteroatoms. The molecule has 5 fully saturated rings. The smallest absolute Gasteiger partial charge is 0.312 e. The number of halogens is 1. The molecule has 7 rings (SSSR count). The number of carboxylic acid groups (broad SMARTS) is 1. The predicted molar refractivity (Wildman–Crippen MR) is 208 cm³/mol. The van der Waals surface area contributed by atoms with E-state index in [0.29, 0.717) is 67.0 Å². The van der Waals surface area contributed by atoms with Crippen molar-refractivity contribution in [2.75, 3.05) is 44.4 Å². The van der Waals surface area contributed by atoms with Crippen LogP contribution in [-0.2, 0) is 14.6 Å². The van der Waals surface area contributed by atoms with Gasteiger partial charge in [-0.05, 0) is 166 Å². The molecular formula is C44H69FN2O4S. The zero-order valence-electron chi connectivity index (χ0n) is 33.3. The molecule has 52 heavy (non-hydrogen) atoms. The lowest BCUT2D eigenvalue weighted by Gasteiger charge is -2.72. The van der Waals surface area contributed by atoms with E-state index in [4.69, 9.17) is 0 Å². The maximum absolute atomic E-state index is 14.0. The summed E-state index contributed by atoms with van der Waals surface area (Å²) >= 11 is 0. The normalized spacial score (nSPS) is 45.4. The van der Waals surface area contributed by atoms with Crippen molar-refractivity contribution in [3.63, 3.8) is 0 Å². The number of allylic oxidation sites excluding steroid dienone is 5. The Morgan fingerprint density at radius 1 is 0.942 bits per heavy atom. The third-order valence-corrected chi connectivity index (χ3v) is 19.5. The summed E-state index contributed by atoms with van der Waals surface area (Å²) in [6, 6.07) is 0. The van der Waals surface area contributed by atoms with Crippen LogP contribution in [0.1, 0.15) is 125 Å². The van der Waals surface area contributed by atoms with Gasteiger partial charge in [0, 0.05) is 18.6 Å². The summed E-state index contributed by atoms with van der Waals surface area (Å²) in [7, 11) is -2.85. The fourth-order valence-corrected chi connectivity index (χ4v) is 16.0. The fraction of sp³-hybridized carbons (Fsp3) is 0.841. The molecule has 1 aliphatic heterocycles. The van der Waals surface area contributed by atoms with Gasteiger partial charge in [-0.25, -0.2) is 12.8 Å². The van der Waals surface area contributed by atoms with E-state index in [1.165, 1.54) is 68.1 Å². The average molecular weight is 741 g/mol. The van der Waals surface area contributed by atoms with Crippen molar-refractivity contribution in [3.05, 3.63) is 35.5 Å². The van der Waals surface area contributed by atoms with Gasteiger partial charge < -0.3 is 15.3 Å². The number of nitrogens with one attached hydrogen (secondary N) is 1.